The van der Waals surface area contributed by atoms with Gasteiger partial charge in [0.25, 0.3) is 0 Å². The molecule has 3 N–H and O–H groups in total. The lowest BCUT2D eigenvalue weighted by Crippen LogP contribution is -2.52. The van der Waals surface area contributed by atoms with Crippen molar-refractivity contribution >= 4 is 5.91 Å². The number of carbonyl (C=O) groups is 1. The highest BCUT2D eigenvalue weighted by Gasteiger charge is 2.28. The highest BCUT2D eigenvalue weighted by molar-refractivity contribution is 5.78. The minimum Gasteiger partial charge on any atom is -0.385 e. The molecule has 18 heavy (non-hydrogen) atoms. The summed E-state index contributed by atoms with van der Waals surface area (Å²) in [4.78, 5) is 14.1. The lowest BCUT2D eigenvalue weighted by atomic mass is 9.96. The standard InChI is InChI=1S/C13H27N3O2/c1-11-5-3-6-12(9-14)16(11)10-13(17)15-7-4-8-18-2/h11-12H,3-10,14H2,1-2H3,(H,15,17). The van der Waals surface area contributed by atoms with Crippen LogP contribution in [0.3, 0.4) is 0 Å². The number of nitrogens with two attached hydrogens (primary N) is 1. The molecule has 5 nitrogen and oxygen atoms in total. The summed E-state index contributed by atoms with van der Waals surface area (Å²) in [6.45, 7) is 4.66. The predicted octanol–water partition coefficient (Wildman–Crippen LogP) is 0.341. The van der Waals surface area contributed by atoms with Crippen LogP contribution < -0.4 is 11.1 Å². The number of carbonyl (C=O) groups excluding carboxylic acids is 1. The van der Waals surface area contributed by atoms with Gasteiger partial charge >= 0.3 is 0 Å². The van der Waals surface area contributed by atoms with Crippen LogP contribution in [0.15, 0.2) is 0 Å². The van der Waals surface area contributed by atoms with Crippen molar-refractivity contribution in [3.8, 4) is 0 Å². The van der Waals surface area contributed by atoms with Gasteiger partial charge in [0.1, 0.15) is 0 Å². The number of hydrogen-bond donors (Lipinski definition) is 2. The molecule has 0 aromatic carbocycles. The lowest BCUT2D eigenvalue weighted by Gasteiger charge is -2.39. The maximum absolute atomic E-state index is 11.8. The van der Waals surface area contributed by atoms with E-state index in [0.717, 1.165) is 19.3 Å². The van der Waals surface area contributed by atoms with Crippen LogP contribution in [0.5, 0.6) is 0 Å². The van der Waals surface area contributed by atoms with E-state index in [-0.39, 0.29) is 5.91 Å². The largest absolute Gasteiger partial charge is 0.385 e. The second-order valence-corrected chi connectivity index (χ2v) is 5.04. The Hall–Kier alpha value is -0.650. The van der Waals surface area contributed by atoms with Crippen LogP contribution in [0.1, 0.15) is 32.6 Å². The Labute approximate surface area is 110 Å². The Morgan fingerprint density at radius 2 is 2.28 bits per heavy atom. The van der Waals surface area contributed by atoms with Gasteiger partial charge in [-0.15, -0.1) is 0 Å². The average molecular weight is 257 g/mol. The van der Waals surface area contributed by atoms with Crippen molar-refractivity contribution in [3.05, 3.63) is 0 Å². The molecule has 2 atom stereocenters. The molecule has 0 spiro atoms. The number of ether oxygens (including phenoxy) is 1. The number of nitrogens with one attached hydrogen (secondary N) is 1. The molecule has 0 radical (unpaired) electrons. The molecule has 1 heterocycles. The molecule has 2 unspecified atom stereocenters. The summed E-state index contributed by atoms with van der Waals surface area (Å²) in [5.41, 5.74) is 5.78. The van der Waals surface area contributed by atoms with Gasteiger partial charge in [-0.25, -0.2) is 0 Å². The molecule has 1 rings (SSSR count). The highest BCUT2D eigenvalue weighted by atomic mass is 16.5. The topological polar surface area (TPSA) is 67.6 Å². The summed E-state index contributed by atoms with van der Waals surface area (Å²) in [6, 6.07) is 0.815. The molecule has 0 bridgehead atoms. The number of nitrogens with zero attached hydrogens (tertiary/aromatic N) is 1. The number of likely N-dealkylation sites (tertiary alicyclic amines) is 1. The maximum atomic E-state index is 11.8. The molecule has 1 aliphatic heterocycles. The second-order valence-electron chi connectivity index (χ2n) is 5.04. The molecular formula is C13H27N3O2. The van der Waals surface area contributed by atoms with Crippen LogP contribution in [0.25, 0.3) is 0 Å². The van der Waals surface area contributed by atoms with E-state index in [0.29, 0.717) is 38.3 Å². The third kappa shape index (κ3) is 4.92. The fraction of sp³-hybridized carbons (Fsp3) is 0.923. The average Bonchev–Trinajstić information content (AvgIpc) is 2.37. The van der Waals surface area contributed by atoms with Gasteiger partial charge in [0.15, 0.2) is 0 Å². The van der Waals surface area contributed by atoms with Crippen molar-refractivity contribution in [2.24, 2.45) is 5.73 Å². The monoisotopic (exact) mass is 257 g/mol. The van der Waals surface area contributed by atoms with E-state index in [1.165, 1.54) is 6.42 Å². The summed E-state index contributed by atoms with van der Waals surface area (Å²) in [6.07, 6.45) is 4.35. The van der Waals surface area contributed by atoms with Crippen molar-refractivity contribution in [2.75, 3.05) is 33.4 Å². The SMILES string of the molecule is COCCCNC(=O)CN1C(C)CCCC1CN. The van der Waals surface area contributed by atoms with Gasteiger partial charge in [-0.3, -0.25) is 9.69 Å². The number of hydrogen-bond acceptors (Lipinski definition) is 4. The van der Waals surface area contributed by atoms with Crippen molar-refractivity contribution in [2.45, 2.75) is 44.7 Å². The van der Waals surface area contributed by atoms with Gasteiger partial charge < -0.3 is 15.8 Å². The van der Waals surface area contributed by atoms with E-state index in [2.05, 4.69) is 17.1 Å². The van der Waals surface area contributed by atoms with Gasteiger partial charge in [0, 0.05) is 38.9 Å². The molecule has 0 saturated carbocycles. The first-order valence-corrected chi connectivity index (χ1v) is 6.90. The second kappa shape index (κ2) is 8.45. The van der Waals surface area contributed by atoms with Gasteiger partial charge in [-0.1, -0.05) is 6.42 Å². The van der Waals surface area contributed by atoms with Gasteiger partial charge in [0.05, 0.1) is 6.54 Å². The number of rotatable bonds is 7. The summed E-state index contributed by atoms with van der Waals surface area (Å²) in [7, 11) is 1.67. The van der Waals surface area contributed by atoms with Gasteiger partial charge in [-0.2, -0.15) is 0 Å². The fourth-order valence-corrected chi connectivity index (χ4v) is 2.54. The van der Waals surface area contributed by atoms with E-state index in [1.807, 2.05) is 0 Å². The number of piperidine rings is 1. The quantitative estimate of drug-likeness (QED) is 0.645. The molecule has 1 saturated heterocycles. The molecule has 0 aromatic heterocycles. The molecule has 1 fully saturated rings. The van der Waals surface area contributed by atoms with E-state index < -0.39 is 0 Å². The maximum Gasteiger partial charge on any atom is 0.234 e. The van der Waals surface area contributed by atoms with Gasteiger partial charge in [-0.05, 0) is 26.2 Å². The minimum absolute atomic E-state index is 0.0957. The first-order chi connectivity index (χ1) is 8.69. The molecule has 5 heteroatoms. The molecular weight excluding hydrogens is 230 g/mol. The summed E-state index contributed by atoms with van der Waals surface area (Å²) < 4.78 is 4.95. The summed E-state index contributed by atoms with van der Waals surface area (Å²) in [5, 5.41) is 2.93. The zero-order valence-corrected chi connectivity index (χ0v) is 11.7. The number of methoxy groups -OCH3 is 1. The van der Waals surface area contributed by atoms with Crippen LogP contribution in [0.2, 0.25) is 0 Å². The van der Waals surface area contributed by atoms with Crippen molar-refractivity contribution in [1.29, 1.82) is 0 Å². The van der Waals surface area contributed by atoms with E-state index >= 15 is 0 Å². The molecule has 106 valence electrons. The Morgan fingerprint density at radius 1 is 1.50 bits per heavy atom. The van der Waals surface area contributed by atoms with E-state index in [1.54, 1.807) is 7.11 Å². The van der Waals surface area contributed by atoms with Crippen LogP contribution >= 0.6 is 0 Å². The number of amides is 1. The molecule has 1 amide bonds. The Kier molecular flexibility index (Phi) is 7.23. The van der Waals surface area contributed by atoms with Crippen LogP contribution in [0.4, 0.5) is 0 Å². The van der Waals surface area contributed by atoms with E-state index in [4.69, 9.17) is 10.5 Å². The predicted molar refractivity (Wildman–Crippen MR) is 72.4 cm³/mol. The summed E-state index contributed by atoms with van der Waals surface area (Å²) >= 11 is 0. The summed E-state index contributed by atoms with van der Waals surface area (Å²) in [5.74, 6) is 0.0957. The third-order valence-corrected chi connectivity index (χ3v) is 3.64. The molecule has 1 aliphatic rings. The first kappa shape index (κ1) is 15.4. The van der Waals surface area contributed by atoms with Crippen LogP contribution in [-0.2, 0) is 9.53 Å². The Morgan fingerprint density at radius 3 is 2.94 bits per heavy atom. The highest BCUT2D eigenvalue weighted by Crippen LogP contribution is 2.21. The van der Waals surface area contributed by atoms with Crippen molar-refractivity contribution in [3.63, 3.8) is 0 Å². The van der Waals surface area contributed by atoms with Crippen molar-refractivity contribution < 1.29 is 9.53 Å². The first-order valence-electron chi connectivity index (χ1n) is 6.90. The lowest BCUT2D eigenvalue weighted by molar-refractivity contribution is -0.123. The Balaban J connectivity index is 2.31. The van der Waals surface area contributed by atoms with Gasteiger partial charge in [0.2, 0.25) is 5.91 Å². The van der Waals surface area contributed by atoms with Crippen molar-refractivity contribution in [1.82, 2.24) is 10.2 Å². The minimum atomic E-state index is 0.0957. The van der Waals surface area contributed by atoms with Crippen LogP contribution in [0, 0.1) is 0 Å². The zero-order valence-electron chi connectivity index (χ0n) is 11.7. The normalized spacial score (nSPS) is 25.1. The van der Waals surface area contributed by atoms with Crippen LogP contribution in [-0.4, -0.2) is 56.2 Å². The Bertz CT molecular complexity index is 248. The third-order valence-electron chi connectivity index (χ3n) is 3.64. The zero-order chi connectivity index (χ0) is 13.4. The van der Waals surface area contributed by atoms with E-state index in [9.17, 15) is 4.79 Å². The smallest absolute Gasteiger partial charge is 0.234 e. The molecule has 0 aliphatic carbocycles. The molecule has 0 aromatic rings. The fourth-order valence-electron chi connectivity index (χ4n) is 2.54.